The second-order valence-corrected chi connectivity index (χ2v) is 3.88. The van der Waals surface area contributed by atoms with Gasteiger partial charge in [-0.1, -0.05) is 22.0 Å². The van der Waals surface area contributed by atoms with E-state index < -0.39 is 5.91 Å². The van der Waals surface area contributed by atoms with Gasteiger partial charge in [-0.25, -0.2) is 0 Å². The van der Waals surface area contributed by atoms with Crippen LogP contribution in [-0.2, 0) is 0 Å². The van der Waals surface area contributed by atoms with Gasteiger partial charge in [-0.2, -0.15) is 0 Å². The van der Waals surface area contributed by atoms with E-state index in [1.807, 2.05) is 12.1 Å². The second kappa shape index (κ2) is 3.02. The van der Waals surface area contributed by atoms with Gasteiger partial charge >= 0.3 is 0 Å². The predicted octanol–water partition coefficient (Wildman–Crippen LogP) is 1.61. The molecule has 0 saturated carbocycles. The van der Waals surface area contributed by atoms with Gasteiger partial charge < -0.3 is 16.5 Å². The molecule has 5 heteroatoms. The zero-order valence-corrected chi connectivity index (χ0v) is 8.76. The fourth-order valence-electron chi connectivity index (χ4n) is 1.46. The number of halogens is 1. The number of rotatable bonds is 1. The summed E-state index contributed by atoms with van der Waals surface area (Å²) in [7, 11) is 0. The molecule has 1 amide bonds. The summed E-state index contributed by atoms with van der Waals surface area (Å²) < 4.78 is 0.919. The van der Waals surface area contributed by atoms with Crippen LogP contribution in [0, 0.1) is 0 Å². The number of aromatic nitrogens is 1. The molecule has 0 aliphatic carbocycles. The molecule has 1 aromatic carbocycles. The summed E-state index contributed by atoms with van der Waals surface area (Å²) in [5, 5.41) is 0.748. The third-order valence-corrected chi connectivity index (χ3v) is 2.53. The molecule has 0 unspecified atom stereocenters. The van der Waals surface area contributed by atoms with Crippen LogP contribution < -0.4 is 11.5 Å². The molecule has 4 nitrogen and oxygen atoms in total. The van der Waals surface area contributed by atoms with E-state index in [2.05, 4.69) is 20.9 Å². The van der Waals surface area contributed by atoms with Crippen LogP contribution in [0.3, 0.4) is 0 Å². The highest BCUT2D eigenvalue weighted by atomic mass is 79.9. The molecule has 0 atom stereocenters. The van der Waals surface area contributed by atoms with Crippen LogP contribution >= 0.6 is 15.9 Å². The van der Waals surface area contributed by atoms with Crippen LogP contribution in [0.15, 0.2) is 22.7 Å². The molecule has 2 rings (SSSR count). The summed E-state index contributed by atoms with van der Waals surface area (Å²) in [5.74, 6) is -0.207. The Morgan fingerprint density at radius 2 is 2.14 bits per heavy atom. The molecule has 0 bridgehead atoms. The average molecular weight is 254 g/mol. The molecule has 0 radical (unpaired) electrons. The maximum atomic E-state index is 11.1. The number of carbonyl (C=O) groups excluding carboxylic acids is 1. The van der Waals surface area contributed by atoms with E-state index >= 15 is 0 Å². The van der Waals surface area contributed by atoms with Crippen LogP contribution in [0.5, 0.6) is 0 Å². The molecule has 5 N–H and O–H groups in total. The van der Waals surface area contributed by atoms with Crippen molar-refractivity contribution in [2.45, 2.75) is 0 Å². The molecule has 2 aromatic rings. The van der Waals surface area contributed by atoms with Crippen molar-refractivity contribution in [1.82, 2.24) is 4.98 Å². The Morgan fingerprint density at radius 3 is 2.79 bits per heavy atom. The number of primary amides is 1. The molecule has 1 aromatic heterocycles. The maximum Gasteiger partial charge on any atom is 0.253 e. The topological polar surface area (TPSA) is 84.9 Å². The molecular formula is C9H8BrN3O. The van der Waals surface area contributed by atoms with Gasteiger partial charge in [0, 0.05) is 15.4 Å². The molecule has 0 aliphatic rings. The number of nitrogen functional groups attached to an aromatic ring is 1. The average Bonchev–Trinajstić information content (AvgIpc) is 2.39. The minimum Gasteiger partial charge on any atom is -0.385 e. The first-order valence-electron chi connectivity index (χ1n) is 3.96. The van der Waals surface area contributed by atoms with Crippen molar-refractivity contribution < 1.29 is 4.79 Å². The molecular weight excluding hydrogens is 246 g/mol. The smallest absolute Gasteiger partial charge is 0.253 e. The fraction of sp³-hybridized carbons (Fsp3) is 0. The number of hydrogen-bond acceptors (Lipinski definition) is 2. The molecule has 0 fully saturated rings. The van der Waals surface area contributed by atoms with Gasteiger partial charge in [-0.3, -0.25) is 4.79 Å². The molecule has 0 aliphatic heterocycles. The number of anilines is 1. The monoisotopic (exact) mass is 253 g/mol. The highest BCUT2D eigenvalue weighted by molar-refractivity contribution is 9.10. The van der Waals surface area contributed by atoms with Crippen molar-refractivity contribution in [3.8, 4) is 0 Å². The van der Waals surface area contributed by atoms with Crippen LogP contribution in [0.1, 0.15) is 10.4 Å². The summed E-state index contributed by atoms with van der Waals surface area (Å²) in [5.41, 5.74) is 12.0. The first-order valence-corrected chi connectivity index (χ1v) is 4.75. The Balaban J connectivity index is 2.84. The van der Waals surface area contributed by atoms with Crippen LogP contribution in [0.2, 0.25) is 0 Å². The number of aromatic amines is 1. The number of hydrogen-bond donors (Lipinski definition) is 3. The van der Waals surface area contributed by atoms with Crippen molar-refractivity contribution >= 4 is 38.6 Å². The number of benzene rings is 1. The number of nitrogens with one attached hydrogen (secondary N) is 1. The first-order chi connectivity index (χ1) is 6.59. The van der Waals surface area contributed by atoms with E-state index in [0.717, 1.165) is 15.4 Å². The Kier molecular flexibility index (Phi) is 1.96. The Bertz CT molecular complexity index is 518. The largest absolute Gasteiger partial charge is 0.385 e. The summed E-state index contributed by atoms with van der Waals surface area (Å²) >= 11 is 3.33. The van der Waals surface area contributed by atoms with Crippen molar-refractivity contribution in [2.24, 2.45) is 5.73 Å². The zero-order valence-electron chi connectivity index (χ0n) is 7.17. The number of nitrogens with two attached hydrogens (primary N) is 2. The number of amides is 1. The van der Waals surface area contributed by atoms with E-state index in [1.165, 1.54) is 0 Å². The van der Waals surface area contributed by atoms with Crippen LogP contribution in [0.25, 0.3) is 10.9 Å². The molecule has 1 heterocycles. The van der Waals surface area contributed by atoms with Gasteiger partial charge in [0.1, 0.15) is 5.82 Å². The molecule has 72 valence electrons. The third-order valence-electron chi connectivity index (χ3n) is 2.04. The summed E-state index contributed by atoms with van der Waals surface area (Å²) in [6, 6.07) is 5.48. The summed E-state index contributed by atoms with van der Waals surface area (Å²) in [6.07, 6.45) is 0. The number of carbonyl (C=O) groups is 1. The molecule has 0 saturated heterocycles. The Hall–Kier alpha value is -1.49. The first kappa shape index (κ1) is 9.08. The minimum atomic E-state index is -0.518. The number of fused-ring (bicyclic) bond motifs is 1. The Labute approximate surface area is 88.4 Å². The van der Waals surface area contributed by atoms with Gasteiger partial charge in [-0.05, 0) is 12.1 Å². The second-order valence-electron chi connectivity index (χ2n) is 2.97. The van der Waals surface area contributed by atoms with E-state index in [0.29, 0.717) is 11.4 Å². The molecule has 0 spiro atoms. The fourth-order valence-corrected chi connectivity index (χ4v) is 1.82. The van der Waals surface area contributed by atoms with Gasteiger partial charge in [0.15, 0.2) is 0 Å². The normalized spacial score (nSPS) is 10.6. The van der Waals surface area contributed by atoms with Gasteiger partial charge in [0.05, 0.1) is 5.56 Å². The highest BCUT2D eigenvalue weighted by Gasteiger charge is 2.13. The minimum absolute atomic E-state index is 0.311. The lowest BCUT2D eigenvalue weighted by Crippen LogP contribution is -2.12. The van der Waals surface area contributed by atoms with Crippen molar-refractivity contribution in [3.05, 3.63) is 28.2 Å². The SMILES string of the molecule is NC(=O)c1c(N)[nH]c2cc(Br)ccc12. The lowest BCUT2D eigenvalue weighted by Gasteiger charge is -1.94. The predicted molar refractivity (Wildman–Crippen MR) is 58.9 cm³/mol. The van der Waals surface area contributed by atoms with Gasteiger partial charge in [0.25, 0.3) is 5.91 Å². The quantitative estimate of drug-likeness (QED) is 0.722. The highest BCUT2D eigenvalue weighted by Crippen LogP contribution is 2.26. The van der Waals surface area contributed by atoms with E-state index in [1.54, 1.807) is 6.07 Å². The zero-order chi connectivity index (χ0) is 10.3. The third kappa shape index (κ3) is 1.26. The Morgan fingerprint density at radius 1 is 1.43 bits per heavy atom. The number of H-pyrrole nitrogens is 1. The standard InChI is InChI=1S/C9H8BrN3O/c10-4-1-2-5-6(3-4)13-8(11)7(5)9(12)14/h1-3,13H,11H2,(H2,12,14). The summed E-state index contributed by atoms with van der Waals surface area (Å²) in [6.45, 7) is 0. The lowest BCUT2D eigenvalue weighted by molar-refractivity contribution is 0.100. The van der Waals surface area contributed by atoms with Gasteiger partial charge in [0.2, 0.25) is 0 Å². The molecule has 14 heavy (non-hydrogen) atoms. The van der Waals surface area contributed by atoms with Gasteiger partial charge in [-0.15, -0.1) is 0 Å². The maximum absolute atomic E-state index is 11.1. The van der Waals surface area contributed by atoms with Crippen LogP contribution in [-0.4, -0.2) is 10.9 Å². The van der Waals surface area contributed by atoms with E-state index in [4.69, 9.17) is 11.5 Å². The van der Waals surface area contributed by atoms with Crippen molar-refractivity contribution in [3.63, 3.8) is 0 Å². The van der Waals surface area contributed by atoms with Crippen molar-refractivity contribution in [2.75, 3.05) is 5.73 Å². The van der Waals surface area contributed by atoms with E-state index in [9.17, 15) is 4.79 Å². The lowest BCUT2D eigenvalue weighted by atomic mass is 10.1. The van der Waals surface area contributed by atoms with E-state index in [-0.39, 0.29) is 0 Å². The summed E-state index contributed by atoms with van der Waals surface area (Å²) in [4.78, 5) is 14.0. The van der Waals surface area contributed by atoms with Crippen molar-refractivity contribution in [1.29, 1.82) is 0 Å². The van der Waals surface area contributed by atoms with Crippen LogP contribution in [0.4, 0.5) is 5.82 Å².